The van der Waals surface area contributed by atoms with E-state index in [1.165, 1.54) is 24.2 Å². The van der Waals surface area contributed by atoms with Gasteiger partial charge in [0.2, 0.25) is 5.91 Å². The van der Waals surface area contributed by atoms with E-state index in [2.05, 4.69) is 25.9 Å². The number of aromatic amines is 1. The Kier molecular flexibility index (Phi) is 5.38. The van der Waals surface area contributed by atoms with Crippen LogP contribution >= 0.6 is 11.8 Å². The van der Waals surface area contributed by atoms with E-state index in [0.717, 1.165) is 43.7 Å². The molecule has 8 heteroatoms. The van der Waals surface area contributed by atoms with Crippen molar-refractivity contribution in [1.82, 2.24) is 25.9 Å². The minimum absolute atomic E-state index is 0.0377. The number of H-pyrrole nitrogens is 1. The van der Waals surface area contributed by atoms with Crippen LogP contribution in [0.2, 0.25) is 0 Å². The molecule has 4 rings (SSSR count). The molecule has 142 valence electrons. The van der Waals surface area contributed by atoms with Gasteiger partial charge in [0.25, 0.3) is 0 Å². The van der Waals surface area contributed by atoms with Crippen LogP contribution in [0.1, 0.15) is 55.7 Å². The third kappa shape index (κ3) is 4.00. The van der Waals surface area contributed by atoms with Gasteiger partial charge in [-0.2, -0.15) is 11.8 Å². The van der Waals surface area contributed by atoms with Crippen molar-refractivity contribution >= 4 is 23.7 Å². The molecule has 1 aromatic heterocycles. The number of nitrogens with zero attached hydrogens (tertiary/aromatic N) is 1. The molecule has 0 bridgehead atoms. The number of imidazole rings is 1. The molecule has 0 spiro atoms. The van der Waals surface area contributed by atoms with Crippen molar-refractivity contribution in [2.75, 3.05) is 5.75 Å². The summed E-state index contributed by atoms with van der Waals surface area (Å²) < 4.78 is 0. The highest BCUT2D eigenvalue weighted by Crippen LogP contribution is 2.33. The van der Waals surface area contributed by atoms with Crippen LogP contribution < -0.4 is 16.0 Å². The number of thioether (sulfide) groups is 1. The Morgan fingerprint density at radius 3 is 3.00 bits per heavy atom. The van der Waals surface area contributed by atoms with Crippen LogP contribution in [0.3, 0.4) is 0 Å². The second-order valence-electron chi connectivity index (χ2n) is 7.46. The van der Waals surface area contributed by atoms with Gasteiger partial charge in [0.05, 0.1) is 24.3 Å². The molecule has 3 aliphatic rings. The highest BCUT2D eigenvalue weighted by Gasteiger charge is 2.42. The van der Waals surface area contributed by atoms with Gasteiger partial charge in [-0.05, 0) is 38.5 Å². The van der Waals surface area contributed by atoms with E-state index in [1.54, 1.807) is 0 Å². The first-order chi connectivity index (χ1) is 12.7. The first-order valence-corrected chi connectivity index (χ1v) is 10.8. The largest absolute Gasteiger partial charge is 0.349 e. The van der Waals surface area contributed by atoms with Crippen LogP contribution in [0.15, 0.2) is 0 Å². The number of nitrogens with one attached hydrogen (secondary N) is 4. The zero-order valence-electron chi connectivity index (χ0n) is 15.0. The highest BCUT2D eigenvalue weighted by atomic mass is 32.2. The van der Waals surface area contributed by atoms with Crippen molar-refractivity contribution in [3.8, 4) is 0 Å². The minimum atomic E-state index is -0.0377. The molecule has 2 aliphatic heterocycles. The summed E-state index contributed by atoms with van der Waals surface area (Å²) in [7, 11) is 0. The maximum Gasteiger partial charge on any atom is 0.315 e. The van der Waals surface area contributed by atoms with E-state index in [-0.39, 0.29) is 24.0 Å². The zero-order chi connectivity index (χ0) is 17.9. The van der Waals surface area contributed by atoms with Crippen LogP contribution in [-0.4, -0.2) is 45.0 Å². The van der Waals surface area contributed by atoms with Gasteiger partial charge in [0, 0.05) is 23.1 Å². The Morgan fingerprint density at radius 1 is 1.23 bits per heavy atom. The number of hydrogen-bond acceptors (Lipinski definition) is 4. The third-order valence-corrected chi connectivity index (χ3v) is 7.05. The molecule has 2 saturated heterocycles. The number of aromatic nitrogens is 2. The second kappa shape index (κ2) is 7.90. The number of carbonyl (C=O) groups excluding carboxylic acids is 2. The first-order valence-electron chi connectivity index (χ1n) is 9.71. The van der Waals surface area contributed by atoms with Crippen LogP contribution in [-0.2, 0) is 24.2 Å². The van der Waals surface area contributed by atoms with Gasteiger partial charge in [0.15, 0.2) is 0 Å². The van der Waals surface area contributed by atoms with Crippen LogP contribution in [0, 0.1) is 0 Å². The monoisotopic (exact) mass is 377 g/mol. The van der Waals surface area contributed by atoms with E-state index in [1.807, 2.05) is 11.8 Å². The highest BCUT2D eigenvalue weighted by molar-refractivity contribution is 8.00. The van der Waals surface area contributed by atoms with Gasteiger partial charge in [-0.15, -0.1) is 0 Å². The first kappa shape index (κ1) is 17.7. The minimum Gasteiger partial charge on any atom is -0.349 e. The predicted molar refractivity (Wildman–Crippen MR) is 101 cm³/mol. The summed E-state index contributed by atoms with van der Waals surface area (Å²) >= 11 is 1.93. The molecule has 0 radical (unpaired) electrons. The molecule has 1 aromatic rings. The maximum atomic E-state index is 12.1. The summed E-state index contributed by atoms with van der Waals surface area (Å²) in [6.07, 6.45) is 8.06. The standard InChI is InChI=1S/C18H27N5O2S/c24-16(19-9-15-20-11-5-1-2-6-12(11)21-15)8-4-3-7-14-17-13(10-26-14)22-18(25)23-17/h13-14,17H,1-10H2,(H,19,24)(H,20,21)(H2,22,23,25)/t13-,14-,17-/m0/s1. The molecule has 0 aromatic carbocycles. The second-order valence-corrected chi connectivity index (χ2v) is 8.73. The number of unbranched alkanes of at least 4 members (excludes halogenated alkanes) is 1. The van der Waals surface area contributed by atoms with Crippen molar-refractivity contribution in [3.05, 3.63) is 17.2 Å². The Balaban J connectivity index is 1.12. The van der Waals surface area contributed by atoms with E-state index in [0.29, 0.717) is 18.2 Å². The Labute approximate surface area is 157 Å². The number of carbonyl (C=O) groups is 2. The SMILES string of the molecule is O=C(CCCC[C@@H]1SC[C@@H]2NC(=O)N[C@@H]21)NCc1nc2c([nH]1)CCCC2. The normalized spacial score (nSPS) is 26.8. The predicted octanol–water partition coefficient (Wildman–Crippen LogP) is 1.63. The average Bonchev–Trinajstić information content (AvgIpc) is 3.30. The smallest absolute Gasteiger partial charge is 0.315 e. The molecule has 1 aliphatic carbocycles. The number of fused-ring (bicyclic) bond motifs is 2. The summed E-state index contributed by atoms with van der Waals surface area (Å²) in [6, 6.07) is 0.496. The fourth-order valence-corrected chi connectivity index (χ4v) is 5.68. The Morgan fingerprint density at radius 2 is 2.12 bits per heavy atom. The van der Waals surface area contributed by atoms with Gasteiger partial charge >= 0.3 is 6.03 Å². The molecule has 0 unspecified atom stereocenters. The molecule has 3 heterocycles. The van der Waals surface area contributed by atoms with Crippen LogP contribution in [0.5, 0.6) is 0 Å². The molecule has 26 heavy (non-hydrogen) atoms. The van der Waals surface area contributed by atoms with Gasteiger partial charge < -0.3 is 20.9 Å². The van der Waals surface area contributed by atoms with Crippen molar-refractivity contribution in [2.24, 2.45) is 0 Å². The lowest BCUT2D eigenvalue weighted by atomic mass is 10.0. The number of urea groups is 1. The molecule has 7 nitrogen and oxygen atoms in total. The van der Waals surface area contributed by atoms with E-state index < -0.39 is 0 Å². The molecule has 2 fully saturated rings. The van der Waals surface area contributed by atoms with Crippen molar-refractivity contribution < 1.29 is 9.59 Å². The van der Waals surface area contributed by atoms with Gasteiger partial charge in [0.1, 0.15) is 5.82 Å². The third-order valence-electron chi connectivity index (χ3n) is 5.54. The number of amides is 3. The topological polar surface area (TPSA) is 98.9 Å². The lowest BCUT2D eigenvalue weighted by molar-refractivity contribution is -0.121. The van der Waals surface area contributed by atoms with Crippen LogP contribution in [0.4, 0.5) is 4.79 Å². The fraction of sp³-hybridized carbons (Fsp3) is 0.722. The van der Waals surface area contributed by atoms with Gasteiger partial charge in [-0.25, -0.2) is 9.78 Å². The average molecular weight is 378 g/mol. The number of hydrogen-bond donors (Lipinski definition) is 4. The van der Waals surface area contributed by atoms with Crippen molar-refractivity contribution in [2.45, 2.75) is 75.2 Å². The summed E-state index contributed by atoms with van der Waals surface area (Å²) in [5.74, 6) is 1.96. The van der Waals surface area contributed by atoms with Crippen molar-refractivity contribution in [1.29, 1.82) is 0 Å². The molecule has 0 saturated carbocycles. The maximum absolute atomic E-state index is 12.1. The Bertz CT molecular complexity index is 653. The van der Waals surface area contributed by atoms with Crippen LogP contribution in [0.25, 0.3) is 0 Å². The lowest BCUT2D eigenvalue weighted by Gasteiger charge is -2.16. The van der Waals surface area contributed by atoms with Gasteiger partial charge in [-0.3, -0.25) is 4.79 Å². The molecule has 3 amide bonds. The summed E-state index contributed by atoms with van der Waals surface area (Å²) in [5.41, 5.74) is 2.43. The zero-order valence-corrected chi connectivity index (χ0v) is 15.8. The van der Waals surface area contributed by atoms with Gasteiger partial charge in [-0.1, -0.05) is 6.42 Å². The molecular formula is C18H27N5O2S. The summed E-state index contributed by atoms with van der Waals surface area (Å²) in [4.78, 5) is 31.4. The molecule has 3 atom stereocenters. The number of rotatable bonds is 7. The van der Waals surface area contributed by atoms with E-state index in [4.69, 9.17) is 0 Å². The lowest BCUT2D eigenvalue weighted by Crippen LogP contribution is -2.36. The fourth-order valence-electron chi connectivity index (χ4n) is 4.14. The van der Waals surface area contributed by atoms with Crippen molar-refractivity contribution in [3.63, 3.8) is 0 Å². The Hall–Kier alpha value is -1.70. The van der Waals surface area contributed by atoms with E-state index >= 15 is 0 Å². The molecule has 4 N–H and O–H groups in total. The molecular weight excluding hydrogens is 350 g/mol. The number of aryl methyl sites for hydroxylation is 2. The van der Waals surface area contributed by atoms with E-state index in [9.17, 15) is 9.59 Å². The quantitative estimate of drug-likeness (QED) is 0.429. The summed E-state index contributed by atoms with van der Waals surface area (Å²) in [5, 5.41) is 9.42. The summed E-state index contributed by atoms with van der Waals surface area (Å²) in [6.45, 7) is 0.492.